The Hall–Kier alpha value is -3.12. The first-order valence-corrected chi connectivity index (χ1v) is 12.1. The quantitative estimate of drug-likeness (QED) is 0.564. The van der Waals surface area contributed by atoms with Crippen molar-refractivity contribution in [2.24, 2.45) is 0 Å². The van der Waals surface area contributed by atoms with Crippen molar-refractivity contribution >= 4 is 22.3 Å². The third-order valence-electron chi connectivity index (χ3n) is 5.71. The standard InChI is InChI=1S/C26H25FN2O2S/c1-18-14-21(17-28-16-18)26(30)29-12-10-19(11-13-29)25(20-6-5-7-22(27)15-20)23-8-3-4-9-24(23)32(2)31/h3-9,14-17H,10-13H2,1-2H3. The zero-order valence-corrected chi connectivity index (χ0v) is 19.0. The second-order valence-corrected chi connectivity index (χ2v) is 9.33. The number of carbonyl (C=O) groups excluding carboxylic acids is 1. The van der Waals surface area contributed by atoms with Crippen molar-refractivity contribution < 1.29 is 13.4 Å². The Balaban J connectivity index is 1.71. The molecule has 0 spiro atoms. The Morgan fingerprint density at radius 2 is 1.75 bits per heavy atom. The Kier molecular flexibility index (Phi) is 6.61. The van der Waals surface area contributed by atoms with Crippen LogP contribution < -0.4 is 0 Å². The first kappa shape index (κ1) is 22.1. The Bertz CT molecular complexity index is 1210. The van der Waals surface area contributed by atoms with Crippen LogP contribution in [0.2, 0.25) is 0 Å². The molecule has 1 unspecified atom stereocenters. The highest BCUT2D eigenvalue weighted by atomic mass is 32.2. The Morgan fingerprint density at radius 3 is 2.44 bits per heavy atom. The minimum Gasteiger partial charge on any atom is -0.338 e. The number of amides is 1. The van der Waals surface area contributed by atoms with Crippen LogP contribution >= 0.6 is 0 Å². The lowest BCUT2D eigenvalue weighted by Crippen LogP contribution is -2.36. The number of nitrogens with zero attached hydrogens (tertiary/aromatic N) is 2. The van der Waals surface area contributed by atoms with E-state index in [0.29, 0.717) is 31.5 Å². The van der Waals surface area contributed by atoms with Gasteiger partial charge in [0, 0.05) is 36.6 Å². The van der Waals surface area contributed by atoms with Gasteiger partial charge in [0.25, 0.3) is 5.91 Å². The van der Waals surface area contributed by atoms with Gasteiger partial charge in [-0.3, -0.25) is 14.0 Å². The SMILES string of the molecule is Cc1cncc(C(=O)N2CCC(=C(c3cccc(F)c3)c3ccccc3S(C)=O)CC2)c1. The van der Waals surface area contributed by atoms with Crippen LogP contribution in [0.25, 0.3) is 5.57 Å². The molecule has 1 fully saturated rings. The number of carbonyl (C=O) groups is 1. The minimum absolute atomic E-state index is 0.0254. The number of piperidine rings is 1. The van der Waals surface area contributed by atoms with Gasteiger partial charge in [-0.1, -0.05) is 35.9 Å². The van der Waals surface area contributed by atoms with E-state index in [1.54, 1.807) is 24.7 Å². The molecule has 1 aromatic heterocycles. The van der Waals surface area contributed by atoms with Crippen molar-refractivity contribution in [3.05, 3.63) is 101 Å². The summed E-state index contributed by atoms with van der Waals surface area (Å²) in [6.07, 6.45) is 6.33. The van der Waals surface area contributed by atoms with E-state index in [4.69, 9.17) is 0 Å². The highest BCUT2D eigenvalue weighted by molar-refractivity contribution is 7.84. The van der Waals surface area contributed by atoms with Crippen LogP contribution in [-0.4, -0.2) is 39.3 Å². The monoisotopic (exact) mass is 448 g/mol. The maximum atomic E-state index is 14.1. The van der Waals surface area contributed by atoms with Gasteiger partial charge in [0.05, 0.1) is 16.4 Å². The molecule has 164 valence electrons. The number of likely N-dealkylation sites (tertiary alicyclic amines) is 1. The molecule has 4 rings (SSSR count). The lowest BCUT2D eigenvalue weighted by Gasteiger charge is -2.30. The molecule has 1 atom stereocenters. The lowest BCUT2D eigenvalue weighted by molar-refractivity contribution is 0.0743. The molecular weight excluding hydrogens is 423 g/mol. The van der Waals surface area contributed by atoms with Crippen LogP contribution in [0, 0.1) is 12.7 Å². The molecule has 1 saturated heterocycles. The van der Waals surface area contributed by atoms with E-state index in [-0.39, 0.29) is 11.7 Å². The van der Waals surface area contributed by atoms with Crippen molar-refractivity contribution in [2.75, 3.05) is 19.3 Å². The summed E-state index contributed by atoms with van der Waals surface area (Å²) < 4.78 is 26.5. The van der Waals surface area contributed by atoms with E-state index < -0.39 is 10.8 Å². The maximum absolute atomic E-state index is 14.1. The average Bonchev–Trinajstić information content (AvgIpc) is 2.79. The number of halogens is 1. The lowest BCUT2D eigenvalue weighted by atomic mass is 9.88. The van der Waals surface area contributed by atoms with E-state index in [1.807, 2.05) is 48.2 Å². The minimum atomic E-state index is -1.19. The first-order valence-electron chi connectivity index (χ1n) is 10.6. The van der Waals surface area contributed by atoms with Crippen LogP contribution in [-0.2, 0) is 10.8 Å². The van der Waals surface area contributed by atoms with Crippen molar-refractivity contribution in [2.45, 2.75) is 24.7 Å². The van der Waals surface area contributed by atoms with Crippen molar-refractivity contribution in [1.82, 2.24) is 9.88 Å². The summed E-state index contributed by atoms with van der Waals surface area (Å²) in [5.41, 5.74) is 5.22. The third kappa shape index (κ3) is 4.70. The molecule has 0 bridgehead atoms. The van der Waals surface area contributed by atoms with Crippen molar-refractivity contribution in [1.29, 1.82) is 0 Å². The molecule has 32 heavy (non-hydrogen) atoms. The van der Waals surface area contributed by atoms with Crippen LogP contribution in [0.4, 0.5) is 4.39 Å². The average molecular weight is 449 g/mol. The van der Waals surface area contributed by atoms with E-state index in [2.05, 4.69) is 4.98 Å². The molecule has 0 aliphatic carbocycles. The predicted molar refractivity (Wildman–Crippen MR) is 125 cm³/mol. The van der Waals surface area contributed by atoms with Gasteiger partial charge in [-0.2, -0.15) is 0 Å². The largest absolute Gasteiger partial charge is 0.338 e. The number of rotatable bonds is 4. The van der Waals surface area contributed by atoms with E-state index in [9.17, 15) is 13.4 Å². The molecule has 2 aromatic carbocycles. The maximum Gasteiger partial charge on any atom is 0.255 e. The van der Waals surface area contributed by atoms with Crippen LogP contribution in [0.1, 0.15) is 39.9 Å². The topological polar surface area (TPSA) is 50.3 Å². The summed E-state index contributed by atoms with van der Waals surface area (Å²) in [5.74, 6) is -0.335. The summed E-state index contributed by atoms with van der Waals surface area (Å²) in [7, 11) is -1.19. The van der Waals surface area contributed by atoms with E-state index >= 15 is 0 Å². The van der Waals surface area contributed by atoms with Gasteiger partial charge in [0.15, 0.2) is 0 Å². The highest BCUT2D eigenvalue weighted by Gasteiger charge is 2.24. The van der Waals surface area contributed by atoms with Crippen molar-refractivity contribution in [3.63, 3.8) is 0 Å². The number of aryl methyl sites for hydroxylation is 1. The summed E-state index contributed by atoms with van der Waals surface area (Å²) in [5, 5.41) is 0. The first-order chi connectivity index (χ1) is 15.4. The molecule has 0 radical (unpaired) electrons. The number of hydrogen-bond acceptors (Lipinski definition) is 3. The smallest absolute Gasteiger partial charge is 0.255 e. The Labute approximate surface area is 190 Å². The van der Waals surface area contributed by atoms with Crippen molar-refractivity contribution in [3.8, 4) is 0 Å². The number of aromatic nitrogens is 1. The van der Waals surface area contributed by atoms with Gasteiger partial charge in [0.2, 0.25) is 0 Å². The molecule has 4 nitrogen and oxygen atoms in total. The summed E-state index contributed by atoms with van der Waals surface area (Å²) in [4.78, 5) is 19.6. The van der Waals surface area contributed by atoms with Gasteiger partial charge in [-0.25, -0.2) is 4.39 Å². The van der Waals surface area contributed by atoms with Gasteiger partial charge in [0.1, 0.15) is 5.82 Å². The number of benzene rings is 2. The second-order valence-electron chi connectivity index (χ2n) is 7.98. The van der Waals surface area contributed by atoms with Crippen LogP contribution in [0.15, 0.2) is 77.5 Å². The van der Waals surface area contributed by atoms with E-state index in [1.165, 1.54) is 12.1 Å². The molecule has 6 heteroatoms. The van der Waals surface area contributed by atoms with E-state index in [0.717, 1.165) is 32.7 Å². The normalized spacial score (nSPS) is 14.8. The summed E-state index contributed by atoms with van der Waals surface area (Å²) in [6.45, 7) is 3.05. The van der Waals surface area contributed by atoms with Gasteiger partial charge >= 0.3 is 0 Å². The Morgan fingerprint density at radius 1 is 1.00 bits per heavy atom. The third-order valence-corrected chi connectivity index (χ3v) is 6.68. The number of hydrogen-bond donors (Lipinski definition) is 0. The fourth-order valence-corrected chi connectivity index (χ4v) is 4.95. The predicted octanol–water partition coefficient (Wildman–Crippen LogP) is 5.00. The summed E-state index contributed by atoms with van der Waals surface area (Å²) >= 11 is 0. The molecule has 0 N–H and O–H groups in total. The van der Waals surface area contributed by atoms with Crippen LogP contribution in [0.3, 0.4) is 0 Å². The molecular formula is C26H25FN2O2S. The van der Waals surface area contributed by atoms with Gasteiger partial charge in [-0.05, 0) is 66.3 Å². The molecule has 1 aliphatic rings. The zero-order valence-electron chi connectivity index (χ0n) is 18.2. The number of pyridine rings is 1. The second kappa shape index (κ2) is 9.57. The van der Waals surface area contributed by atoms with Gasteiger partial charge in [-0.15, -0.1) is 0 Å². The summed E-state index contributed by atoms with van der Waals surface area (Å²) in [6, 6.07) is 16.0. The van der Waals surface area contributed by atoms with Crippen LogP contribution in [0.5, 0.6) is 0 Å². The molecule has 0 saturated carbocycles. The molecule has 2 heterocycles. The molecule has 1 amide bonds. The highest BCUT2D eigenvalue weighted by Crippen LogP contribution is 2.35. The zero-order chi connectivity index (χ0) is 22.7. The fraction of sp³-hybridized carbons (Fsp3) is 0.231. The van der Waals surface area contributed by atoms with Gasteiger partial charge < -0.3 is 4.90 Å². The molecule has 1 aliphatic heterocycles. The fourth-order valence-electron chi connectivity index (χ4n) is 4.20. The molecule has 3 aromatic rings.